The maximum absolute atomic E-state index is 12.8. The standard InChI is InChI=1S/C7H6BrFIN/c1-11-7-2-4(8)5(9)3-6(7)10/h2-3,11H,1H3. The van der Waals surface area contributed by atoms with Crippen molar-refractivity contribution < 1.29 is 4.39 Å². The van der Waals surface area contributed by atoms with Gasteiger partial charge in [-0.25, -0.2) is 4.39 Å². The van der Waals surface area contributed by atoms with Gasteiger partial charge in [0.1, 0.15) is 5.82 Å². The molecule has 0 radical (unpaired) electrons. The van der Waals surface area contributed by atoms with Crippen molar-refractivity contribution in [2.24, 2.45) is 0 Å². The van der Waals surface area contributed by atoms with Gasteiger partial charge in [0.15, 0.2) is 0 Å². The predicted octanol–water partition coefficient (Wildman–Crippen LogP) is 3.23. The van der Waals surface area contributed by atoms with E-state index in [1.807, 2.05) is 7.05 Å². The summed E-state index contributed by atoms with van der Waals surface area (Å²) in [6.07, 6.45) is 0. The molecule has 1 aromatic carbocycles. The van der Waals surface area contributed by atoms with Crippen LogP contribution in [-0.2, 0) is 0 Å². The van der Waals surface area contributed by atoms with E-state index in [1.165, 1.54) is 6.07 Å². The first-order valence-corrected chi connectivity index (χ1v) is 4.84. The first-order valence-electron chi connectivity index (χ1n) is 2.97. The van der Waals surface area contributed by atoms with Gasteiger partial charge in [-0.1, -0.05) is 0 Å². The van der Waals surface area contributed by atoms with Crippen molar-refractivity contribution in [3.63, 3.8) is 0 Å². The molecule has 1 nitrogen and oxygen atoms in total. The van der Waals surface area contributed by atoms with Crippen LogP contribution in [0.25, 0.3) is 0 Å². The first kappa shape index (κ1) is 9.25. The normalized spacial score (nSPS) is 9.82. The molecule has 60 valence electrons. The Morgan fingerprint density at radius 3 is 2.73 bits per heavy atom. The minimum atomic E-state index is -0.228. The van der Waals surface area contributed by atoms with Crippen molar-refractivity contribution in [1.29, 1.82) is 0 Å². The van der Waals surface area contributed by atoms with E-state index < -0.39 is 0 Å². The van der Waals surface area contributed by atoms with Crippen molar-refractivity contribution in [3.8, 4) is 0 Å². The summed E-state index contributed by atoms with van der Waals surface area (Å²) in [7, 11) is 1.81. The molecule has 1 aromatic rings. The molecule has 0 aliphatic rings. The van der Waals surface area contributed by atoms with Crippen LogP contribution in [0.1, 0.15) is 0 Å². The Morgan fingerprint density at radius 2 is 2.18 bits per heavy atom. The lowest BCUT2D eigenvalue weighted by atomic mass is 10.3. The van der Waals surface area contributed by atoms with Gasteiger partial charge in [0.05, 0.1) is 4.47 Å². The molecule has 0 aromatic heterocycles. The van der Waals surface area contributed by atoms with E-state index >= 15 is 0 Å². The molecule has 1 N–H and O–H groups in total. The molecule has 0 amide bonds. The van der Waals surface area contributed by atoms with Gasteiger partial charge in [-0.2, -0.15) is 0 Å². The molecule has 11 heavy (non-hydrogen) atoms. The van der Waals surface area contributed by atoms with E-state index in [2.05, 4.69) is 43.8 Å². The molecule has 0 spiro atoms. The van der Waals surface area contributed by atoms with E-state index in [0.717, 1.165) is 9.26 Å². The van der Waals surface area contributed by atoms with Crippen LogP contribution < -0.4 is 5.32 Å². The Labute approximate surface area is 86.6 Å². The summed E-state index contributed by atoms with van der Waals surface area (Å²) in [6.45, 7) is 0. The van der Waals surface area contributed by atoms with E-state index in [-0.39, 0.29) is 5.82 Å². The summed E-state index contributed by atoms with van der Waals surface area (Å²) < 4.78 is 14.2. The lowest BCUT2D eigenvalue weighted by Crippen LogP contribution is -1.92. The molecule has 0 saturated carbocycles. The highest BCUT2D eigenvalue weighted by Crippen LogP contribution is 2.25. The second-order valence-electron chi connectivity index (χ2n) is 2.00. The highest BCUT2D eigenvalue weighted by molar-refractivity contribution is 14.1. The molecule has 0 aliphatic heterocycles. The van der Waals surface area contributed by atoms with Crippen molar-refractivity contribution in [3.05, 3.63) is 26.0 Å². The Balaban J connectivity index is 3.21. The van der Waals surface area contributed by atoms with Crippen LogP contribution in [0.5, 0.6) is 0 Å². The van der Waals surface area contributed by atoms with E-state index in [9.17, 15) is 4.39 Å². The summed E-state index contributed by atoms with van der Waals surface area (Å²) in [5.41, 5.74) is 0.930. The summed E-state index contributed by atoms with van der Waals surface area (Å²) in [5.74, 6) is -0.228. The zero-order chi connectivity index (χ0) is 8.43. The fourth-order valence-electron chi connectivity index (χ4n) is 0.714. The summed E-state index contributed by atoms with van der Waals surface area (Å²) in [5, 5.41) is 2.96. The Kier molecular flexibility index (Phi) is 3.12. The van der Waals surface area contributed by atoms with Crippen LogP contribution in [0, 0.1) is 9.39 Å². The fraction of sp³-hybridized carbons (Fsp3) is 0.143. The first-order chi connectivity index (χ1) is 5.15. The van der Waals surface area contributed by atoms with E-state index in [4.69, 9.17) is 0 Å². The average Bonchev–Trinajstić information content (AvgIpc) is 1.97. The highest BCUT2D eigenvalue weighted by Gasteiger charge is 2.03. The Bertz CT molecular complexity index is 277. The lowest BCUT2D eigenvalue weighted by molar-refractivity contribution is 0.620. The molecule has 0 saturated heterocycles. The van der Waals surface area contributed by atoms with Gasteiger partial charge in [-0.15, -0.1) is 0 Å². The quantitative estimate of drug-likeness (QED) is 0.616. The monoisotopic (exact) mass is 329 g/mol. The number of anilines is 1. The van der Waals surface area contributed by atoms with E-state index in [1.54, 1.807) is 6.07 Å². The maximum Gasteiger partial charge on any atom is 0.138 e. The second-order valence-corrected chi connectivity index (χ2v) is 4.01. The molecular formula is C7H6BrFIN. The van der Waals surface area contributed by atoms with Gasteiger partial charge >= 0.3 is 0 Å². The van der Waals surface area contributed by atoms with Crippen molar-refractivity contribution in [2.45, 2.75) is 0 Å². The molecular weight excluding hydrogens is 324 g/mol. The van der Waals surface area contributed by atoms with Gasteiger partial charge in [0, 0.05) is 16.3 Å². The van der Waals surface area contributed by atoms with Gasteiger partial charge in [0.2, 0.25) is 0 Å². The molecule has 0 bridgehead atoms. The Hall–Kier alpha value is 0.160. The van der Waals surface area contributed by atoms with Crippen molar-refractivity contribution >= 4 is 44.2 Å². The molecule has 1 rings (SSSR count). The molecule has 4 heteroatoms. The maximum atomic E-state index is 12.8. The third-order valence-electron chi connectivity index (χ3n) is 1.28. The summed E-state index contributed by atoms with van der Waals surface area (Å²) in [4.78, 5) is 0. The Morgan fingerprint density at radius 1 is 1.55 bits per heavy atom. The number of halogens is 3. The van der Waals surface area contributed by atoms with Crippen LogP contribution in [-0.4, -0.2) is 7.05 Å². The zero-order valence-corrected chi connectivity index (χ0v) is 9.53. The minimum Gasteiger partial charge on any atom is -0.387 e. The zero-order valence-electron chi connectivity index (χ0n) is 5.79. The topological polar surface area (TPSA) is 12.0 Å². The lowest BCUT2D eigenvalue weighted by Gasteiger charge is -2.04. The summed E-state index contributed by atoms with van der Waals surface area (Å²) >= 11 is 5.18. The van der Waals surface area contributed by atoms with Crippen LogP contribution >= 0.6 is 38.5 Å². The van der Waals surface area contributed by atoms with Crippen LogP contribution in [0.2, 0.25) is 0 Å². The fourth-order valence-corrected chi connectivity index (χ4v) is 1.76. The van der Waals surface area contributed by atoms with Crippen molar-refractivity contribution in [2.75, 3.05) is 12.4 Å². The van der Waals surface area contributed by atoms with Crippen LogP contribution in [0.15, 0.2) is 16.6 Å². The number of hydrogen-bond acceptors (Lipinski definition) is 1. The average molecular weight is 330 g/mol. The van der Waals surface area contributed by atoms with Crippen LogP contribution in [0.4, 0.5) is 10.1 Å². The number of rotatable bonds is 1. The van der Waals surface area contributed by atoms with Gasteiger partial charge in [-0.05, 0) is 50.7 Å². The molecule has 0 atom stereocenters. The van der Waals surface area contributed by atoms with Crippen LogP contribution in [0.3, 0.4) is 0 Å². The smallest absolute Gasteiger partial charge is 0.138 e. The minimum absolute atomic E-state index is 0.228. The molecule has 0 unspecified atom stereocenters. The SMILES string of the molecule is CNc1cc(Br)c(F)cc1I. The predicted molar refractivity (Wildman–Crippen MR) is 56.4 cm³/mol. The highest BCUT2D eigenvalue weighted by atomic mass is 127. The number of benzene rings is 1. The third-order valence-corrected chi connectivity index (χ3v) is 2.78. The molecule has 0 heterocycles. The number of hydrogen-bond donors (Lipinski definition) is 1. The third kappa shape index (κ3) is 2.05. The second kappa shape index (κ2) is 3.71. The largest absolute Gasteiger partial charge is 0.387 e. The van der Waals surface area contributed by atoms with Gasteiger partial charge in [-0.3, -0.25) is 0 Å². The van der Waals surface area contributed by atoms with Crippen molar-refractivity contribution in [1.82, 2.24) is 0 Å². The van der Waals surface area contributed by atoms with Gasteiger partial charge in [0.25, 0.3) is 0 Å². The molecule has 0 fully saturated rings. The van der Waals surface area contributed by atoms with E-state index in [0.29, 0.717) is 4.47 Å². The number of nitrogens with one attached hydrogen (secondary N) is 1. The summed E-state index contributed by atoms with van der Waals surface area (Å²) in [6, 6.07) is 3.20. The molecule has 0 aliphatic carbocycles. The van der Waals surface area contributed by atoms with Gasteiger partial charge < -0.3 is 5.32 Å².